The van der Waals surface area contributed by atoms with Gasteiger partial charge in [0.05, 0.1) is 16.6 Å². The number of hydrogen-bond donors (Lipinski definition) is 0. The minimum Gasteiger partial charge on any atom is -0.211 e. The average Bonchev–Trinajstić information content (AvgIpc) is 1.88. The highest BCUT2D eigenvalue weighted by Gasteiger charge is 2.05. The van der Waals surface area contributed by atoms with Crippen LogP contribution in [0, 0.1) is 0 Å². The van der Waals surface area contributed by atoms with Gasteiger partial charge in [0.1, 0.15) is 0 Å². The summed E-state index contributed by atoms with van der Waals surface area (Å²) in [5.74, 6) is 0. The number of hydrogen-bond acceptors (Lipinski definition) is 2. The first-order chi connectivity index (χ1) is 4.61. The highest BCUT2D eigenvalue weighted by molar-refractivity contribution is 8.63. The molecule has 0 saturated heterocycles. The summed E-state index contributed by atoms with van der Waals surface area (Å²) in [7, 11) is -3.42. The molecule has 0 fully saturated rings. The van der Waals surface area contributed by atoms with Crippen molar-refractivity contribution >= 4 is 20.5 Å². The lowest BCUT2D eigenvalue weighted by Gasteiger charge is -1.91. The summed E-state index contributed by atoms with van der Waals surface area (Å²) in [4.78, 5) is 0.185. The van der Waals surface area contributed by atoms with E-state index in [0.717, 1.165) is 0 Å². The fourth-order valence-corrected chi connectivity index (χ4v) is 1.41. The van der Waals surface area contributed by atoms with Gasteiger partial charge in [-0.3, -0.25) is 0 Å². The van der Waals surface area contributed by atoms with Crippen LogP contribution in [-0.4, -0.2) is 8.42 Å². The molecule has 1 aromatic rings. The van der Waals surface area contributed by atoms with E-state index in [1.165, 1.54) is 12.1 Å². The van der Waals surface area contributed by atoms with Crippen molar-refractivity contribution in [3.8, 4) is 0 Å². The first-order valence-corrected chi connectivity index (χ1v) is 5.02. The van der Waals surface area contributed by atoms with E-state index in [-0.39, 0.29) is 4.90 Å². The van der Waals surface area contributed by atoms with E-state index in [4.69, 9.17) is 0 Å². The van der Waals surface area contributed by atoms with Crippen LogP contribution in [0.15, 0.2) is 35.2 Å². The third-order valence-electron chi connectivity index (χ3n) is 1.03. The first-order valence-electron chi connectivity index (χ1n) is 2.61. The Morgan fingerprint density at radius 3 is 1.90 bits per heavy atom. The molecule has 2 nitrogen and oxygen atoms in total. The lowest BCUT2D eigenvalue weighted by Crippen LogP contribution is -1.87. The van der Waals surface area contributed by atoms with E-state index in [1.807, 2.05) is 0 Å². The Labute approximate surface area is 64.6 Å². The summed E-state index contributed by atoms with van der Waals surface area (Å²) >= 11 is 4.22. The van der Waals surface area contributed by atoms with Gasteiger partial charge in [-0.1, -0.05) is 18.2 Å². The second-order valence-corrected chi connectivity index (χ2v) is 4.46. The average molecular weight is 173 g/mol. The molecule has 0 unspecified atom stereocenters. The van der Waals surface area contributed by atoms with Crippen LogP contribution in [-0.2, 0) is 8.87 Å². The Balaban J connectivity index is 3.22. The largest absolute Gasteiger partial charge is 0.240 e. The van der Waals surface area contributed by atoms with Crippen molar-refractivity contribution in [2.45, 2.75) is 4.90 Å². The summed E-state index contributed by atoms with van der Waals surface area (Å²) in [5, 5.41) is 0. The van der Waals surface area contributed by atoms with Crippen molar-refractivity contribution in [3.63, 3.8) is 0 Å². The molecule has 1 rings (SSSR count). The molecule has 0 amide bonds. The third-order valence-corrected chi connectivity index (χ3v) is 2.46. The number of rotatable bonds is 1. The van der Waals surface area contributed by atoms with Crippen LogP contribution in [0.3, 0.4) is 0 Å². The third kappa shape index (κ3) is 1.75. The fraction of sp³-hybridized carbons (Fsp3) is 0. The summed E-state index contributed by atoms with van der Waals surface area (Å²) in [6.07, 6.45) is 0. The maximum Gasteiger partial charge on any atom is 0.240 e. The van der Waals surface area contributed by atoms with Crippen molar-refractivity contribution in [2.75, 3.05) is 0 Å². The molecular weight excluding hydrogens is 168 g/mol. The normalized spacial score (nSPS) is 11.3. The Morgan fingerprint density at radius 1 is 1.10 bits per heavy atom. The van der Waals surface area contributed by atoms with Gasteiger partial charge >= 0.3 is 0 Å². The highest BCUT2D eigenvalue weighted by atomic mass is 33.1. The molecular formula is C6H5O2S2. The molecule has 0 aromatic heterocycles. The molecule has 0 atom stereocenters. The van der Waals surface area contributed by atoms with E-state index >= 15 is 0 Å². The Kier molecular flexibility index (Phi) is 2.01. The second kappa shape index (κ2) is 2.64. The quantitative estimate of drug-likeness (QED) is 0.604. The predicted molar refractivity (Wildman–Crippen MR) is 41.2 cm³/mol. The molecule has 0 aliphatic carbocycles. The molecule has 0 heterocycles. The van der Waals surface area contributed by atoms with E-state index in [9.17, 15) is 8.42 Å². The van der Waals surface area contributed by atoms with Crippen LogP contribution in [0.1, 0.15) is 0 Å². The minimum atomic E-state index is -3.42. The molecule has 1 radical (unpaired) electrons. The van der Waals surface area contributed by atoms with Crippen LogP contribution in [0.25, 0.3) is 0 Å². The van der Waals surface area contributed by atoms with Crippen molar-refractivity contribution in [3.05, 3.63) is 30.3 Å². The van der Waals surface area contributed by atoms with E-state index in [2.05, 4.69) is 11.7 Å². The zero-order chi connectivity index (χ0) is 7.61. The van der Waals surface area contributed by atoms with E-state index < -0.39 is 8.87 Å². The smallest absolute Gasteiger partial charge is 0.211 e. The Morgan fingerprint density at radius 2 is 1.60 bits per heavy atom. The maximum absolute atomic E-state index is 10.6. The van der Waals surface area contributed by atoms with Crippen LogP contribution < -0.4 is 0 Å². The highest BCUT2D eigenvalue weighted by Crippen LogP contribution is 2.11. The number of benzene rings is 1. The molecule has 0 aliphatic heterocycles. The molecule has 0 N–H and O–H groups in total. The van der Waals surface area contributed by atoms with Gasteiger partial charge in [-0.05, 0) is 12.1 Å². The molecule has 10 heavy (non-hydrogen) atoms. The molecule has 4 heteroatoms. The first kappa shape index (κ1) is 7.63. The summed E-state index contributed by atoms with van der Waals surface area (Å²) in [6.45, 7) is 0. The molecule has 53 valence electrons. The van der Waals surface area contributed by atoms with Gasteiger partial charge in [0.2, 0.25) is 8.87 Å². The van der Waals surface area contributed by atoms with Gasteiger partial charge < -0.3 is 0 Å². The second-order valence-electron chi connectivity index (χ2n) is 1.77. The molecule has 0 saturated carbocycles. The van der Waals surface area contributed by atoms with Gasteiger partial charge in [-0.25, -0.2) is 8.42 Å². The van der Waals surface area contributed by atoms with Crippen LogP contribution in [0.5, 0.6) is 0 Å². The molecule has 0 bridgehead atoms. The van der Waals surface area contributed by atoms with Crippen LogP contribution in [0.4, 0.5) is 0 Å². The SMILES string of the molecule is O=S(=O)([S])c1ccccc1. The lowest BCUT2D eigenvalue weighted by molar-refractivity contribution is 0.611. The van der Waals surface area contributed by atoms with Crippen LogP contribution >= 0.6 is 11.7 Å². The van der Waals surface area contributed by atoms with Gasteiger partial charge in [0.25, 0.3) is 0 Å². The van der Waals surface area contributed by atoms with Crippen molar-refractivity contribution in [1.29, 1.82) is 0 Å². The topological polar surface area (TPSA) is 34.1 Å². The molecule has 0 aliphatic rings. The van der Waals surface area contributed by atoms with Crippen molar-refractivity contribution < 1.29 is 8.42 Å². The zero-order valence-electron chi connectivity index (χ0n) is 5.02. The standard InChI is InChI=1S/C6H5O2S2/c7-10(8,9)6-4-2-1-3-5-6/h1-5H. The lowest BCUT2D eigenvalue weighted by atomic mass is 10.4. The van der Waals surface area contributed by atoms with Crippen molar-refractivity contribution in [1.82, 2.24) is 0 Å². The van der Waals surface area contributed by atoms with E-state index in [1.54, 1.807) is 18.2 Å². The molecule has 0 spiro atoms. The summed E-state index contributed by atoms with van der Waals surface area (Å²) < 4.78 is 21.3. The summed E-state index contributed by atoms with van der Waals surface area (Å²) in [6, 6.07) is 7.97. The maximum atomic E-state index is 10.6. The molecule has 1 aromatic carbocycles. The van der Waals surface area contributed by atoms with Gasteiger partial charge in [-0.15, -0.1) is 0 Å². The predicted octanol–water partition coefficient (Wildman–Crippen LogP) is 1.57. The van der Waals surface area contributed by atoms with Gasteiger partial charge in [0, 0.05) is 0 Å². The van der Waals surface area contributed by atoms with Gasteiger partial charge in [-0.2, -0.15) is 0 Å². The van der Waals surface area contributed by atoms with Crippen molar-refractivity contribution in [2.24, 2.45) is 0 Å². The van der Waals surface area contributed by atoms with E-state index in [0.29, 0.717) is 0 Å². The minimum absolute atomic E-state index is 0.185. The van der Waals surface area contributed by atoms with Gasteiger partial charge in [0.15, 0.2) is 0 Å². The monoisotopic (exact) mass is 173 g/mol. The Bertz CT molecular complexity index is 302. The zero-order valence-corrected chi connectivity index (χ0v) is 6.65. The fourth-order valence-electron chi connectivity index (χ4n) is 0.587. The Hall–Kier alpha value is -0.480. The summed E-state index contributed by atoms with van der Waals surface area (Å²) in [5.41, 5.74) is 0. The van der Waals surface area contributed by atoms with Crippen LogP contribution in [0.2, 0.25) is 0 Å².